The molecule has 0 radical (unpaired) electrons. The molecule has 2 heterocycles. The first-order valence-electron chi connectivity index (χ1n) is 5.14. The number of hydrogen-bond donors (Lipinski definition) is 0. The van der Waals surface area contributed by atoms with Gasteiger partial charge in [-0.05, 0) is 12.1 Å². The van der Waals surface area contributed by atoms with Crippen LogP contribution in [-0.2, 0) is 7.05 Å². The summed E-state index contributed by atoms with van der Waals surface area (Å²) >= 11 is 0. The van der Waals surface area contributed by atoms with Gasteiger partial charge in [0.25, 0.3) is 0 Å². The minimum absolute atomic E-state index is 0.312. The zero-order valence-electron chi connectivity index (χ0n) is 9.12. The van der Waals surface area contributed by atoms with Crippen molar-refractivity contribution in [1.82, 2.24) is 14.8 Å². The average molecular weight is 227 g/mol. The number of benzene rings is 1. The van der Waals surface area contributed by atoms with Crippen LogP contribution in [0.2, 0.25) is 0 Å². The van der Waals surface area contributed by atoms with E-state index in [1.54, 1.807) is 11.7 Å². The second-order valence-corrected chi connectivity index (χ2v) is 3.68. The van der Waals surface area contributed by atoms with Crippen molar-refractivity contribution in [3.8, 4) is 11.5 Å². The summed E-state index contributed by atoms with van der Waals surface area (Å²) in [6, 6.07) is 9.31. The Hall–Kier alpha value is -2.43. The van der Waals surface area contributed by atoms with Gasteiger partial charge in [0.1, 0.15) is 5.39 Å². The van der Waals surface area contributed by atoms with Crippen LogP contribution in [0.3, 0.4) is 0 Å². The van der Waals surface area contributed by atoms with Crippen LogP contribution in [0.1, 0.15) is 0 Å². The van der Waals surface area contributed by atoms with Crippen molar-refractivity contribution in [2.75, 3.05) is 0 Å². The molecule has 0 bridgehead atoms. The molecule has 0 N–H and O–H groups in total. The molecule has 1 aromatic carbocycles. The number of hydrogen-bond acceptors (Lipinski definition) is 4. The number of aryl methyl sites for hydroxylation is 1. The fraction of sp³-hybridized carbons (Fsp3) is 0.0833. The Morgan fingerprint density at radius 1 is 1.24 bits per heavy atom. The molecule has 5 nitrogen and oxygen atoms in total. The molecule has 0 aliphatic heterocycles. The summed E-state index contributed by atoms with van der Waals surface area (Å²) in [5, 5.41) is 4.38. The molecule has 0 atom stereocenters. The highest BCUT2D eigenvalue weighted by Gasteiger charge is 2.11. The molecule has 0 aliphatic rings. The largest absolute Gasteiger partial charge is 0.403 e. The lowest BCUT2D eigenvalue weighted by molar-refractivity contribution is 0.517. The van der Waals surface area contributed by atoms with Crippen molar-refractivity contribution in [3.63, 3.8) is 0 Å². The molecule has 3 rings (SSSR count). The molecule has 0 saturated carbocycles. The van der Waals surface area contributed by atoms with Crippen molar-refractivity contribution in [2.45, 2.75) is 0 Å². The number of fused-ring (bicyclic) bond motifs is 1. The van der Waals surface area contributed by atoms with E-state index in [0.29, 0.717) is 16.9 Å². The lowest BCUT2D eigenvalue weighted by Gasteiger charge is -1.99. The van der Waals surface area contributed by atoms with E-state index in [4.69, 9.17) is 4.42 Å². The van der Waals surface area contributed by atoms with Gasteiger partial charge in [0.05, 0.1) is 6.20 Å². The molecular weight excluding hydrogens is 218 g/mol. The van der Waals surface area contributed by atoms with Crippen molar-refractivity contribution in [2.24, 2.45) is 7.05 Å². The Labute approximate surface area is 96.3 Å². The van der Waals surface area contributed by atoms with Gasteiger partial charge in [-0.2, -0.15) is 10.1 Å². The molecule has 2 aromatic heterocycles. The lowest BCUT2D eigenvalue weighted by Crippen LogP contribution is -2.03. The highest BCUT2D eigenvalue weighted by Crippen LogP contribution is 2.17. The van der Waals surface area contributed by atoms with Crippen LogP contribution in [-0.4, -0.2) is 14.8 Å². The van der Waals surface area contributed by atoms with E-state index in [1.165, 1.54) is 6.20 Å². The molecule has 0 spiro atoms. The molecular formula is C12H9N3O2. The van der Waals surface area contributed by atoms with Crippen LogP contribution in [0, 0.1) is 0 Å². The Morgan fingerprint density at radius 2 is 2.00 bits per heavy atom. The van der Waals surface area contributed by atoms with Crippen molar-refractivity contribution in [1.29, 1.82) is 0 Å². The molecule has 84 valence electrons. The quantitative estimate of drug-likeness (QED) is 0.633. The fourth-order valence-corrected chi connectivity index (χ4v) is 1.67. The Bertz CT molecular complexity index is 728. The maximum atomic E-state index is 11.7. The first-order valence-corrected chi connectivity index (χ1v) is 5.14. The van der Waals surface area contributed by atoms with Gasteiger partial charge in [-0.25, -0.2) is 4.79 Å². The summed E-state index contributed by atoms with van der Waals surface area (Å²) in [5.41, 5.74) is 0.884. The fourth-order valence-electron chi connectivity index (χ4n) is 1.67. The maximum absolute atomic E-state index is 11.7. The third kappa shape index (κ3) is 1.52. The van der Waals surface area contributed by atoms with Crippen molar-refractivity contribution in [3.05, 3.63) is 46.9 Å². The van der Waals surface area contributed by atoms with Crippen LogP contribution < -0.4 is 5.63 Å². The minimum Gasteiger partial charge on any atom is -0.403 e. The highest BCUT2D eigenvalue weighted by atomic mass is 16.4. The molecule has 0 amide bonds. The SMILES string of the molecule is Cn1ncc2c(=O)oc(-c3ccccc3)nc21. The average Bonchev–Trinajstić information content (AvgIpc) is 2.73. The number of nitrogens with zero attached hydrogens (tertiary/aromatic N) is 3. The van der Waals surface area contributed by atoms with Gasteiger partial charge in [0, 0.05) is 12.6 Å². The Balaban J connectivity index is 2.32. The molecule has 0 unspecified atom stereocenters. The number of aromatic nitrogens is 3. The van der Waals surface area contributed by atoms with Crippen LogP contribution in [0.25, 0.3) is 22.5 Å². The molecule has 5 heteroatoms. The summed E-state index contributed by atoms with van der Waals surface area (Å²) in [4.78, 5) is 16.0. The topological polar surface area (TPSA) is 60.9 Å². The smallest absolute Gasteiger partial charge is 0.350 e. The Kier molecular flexibility index (Phi) is 2.04. The van der Waals surface area contributed by atoms with Gasteiger partial charge in [0.2, 0.25) is 5.89 Å². The third-order valence-electron chi connectivity index (χ3n) is 2.54. The Morgan fingerprint density at radius 3 is 2.76 bits per heavy atom. The molecule has 3 aromatic rings. The first kappa shape index (κ1) is 9.77. The second-order valence-electron chi connectivity index (χ2n) is 3.68. The maximum Gasteiger partial charge on any atom is 0.350 e. The van der Waals surface area contributed by atoms with Crippen LogP contribution >= 0.6 is 0 Å². The van der Waals surface area contributed by atoms with Gasteiger partial charge in [-0.1, -0.05) is 18.2 Å². The van der Waals surface area contributed by atoms with E-state index < -0.39 is 5.63 Å². The molecule has 17 heavy (non-hydrogen) atoms. The number of rotatable bonds is 1. The summed E-state index contributed by atoms with van der Waals surface area (Å²) in [6.45, 7) is 0. The van der Waals surface area contributed by atoms with E-state index in [-0.39, 0.29) is 0 Å². The van der Waals surface area contributed by atoms with Gasteiger partial charge >= 0.3 is 5.63 Å². The van der Waals surface area contributed by atoms with Crippen LogP contribution in [0.15, 0.2) is 45.7 Å². The first-order chi connectivity index (χ1) is 8.25. The van der Waals surface area contributed by atoms with Crippen LogP contribution in [0.4, 0.5) is 0 Å². The van der Waals surface area contributed by atoms with Crippen molar-refractivity contribution < 1.29 is 4.42 Å². The highest BCUT2D eigenvalue weighted by molar-refractivity contribution is 5.74. The van der Waals surface area contributed by atoms with Crippen molar-refractivity contribution >= 4 is 11.0 Å². The second kappa shape index (κ2) is 3.55. The van der Waals surface area contributed by atoms with E-state index in [9.17, 15) is 4.79 Å². The normalized spacial score (nSPS) is 10.9. The molecule has 0 saturated heterocycles. The molecule has 0 aliphatic carbocycles. The van der Waals surface area contributed by atoms with E-state index in [0.717, 1.165) is 5.56 Å². The standard InChI is InChI=1S/C12H9N3O2/c1-15-10-9(7-13-15)12(16)17-11(14-10)8-5-3-2-4-6-8/h2-7H,1H3. The summed E-state index contributed by atoms with van der Waals surface area (Å²) < 4.78 is 6.72. The minimum atomic E-state index is -0.415. The predicted molar refractivity (Wildman–Crippen MR) is 62.5 cm³/mol. The monoisotopic (exact) mass is 227 g/mol. The third-order valence-corrected chi connectivity index (χ3v) is 2.54. The van der Waals surface area contributed by atoms with Gasteiger partial charge in [-0.3, -0.25) is 4.68 Å². The summed E-state index contributed by atoms with van der Waals surface area (Å²) in [7, 11) is 1.74. The van der Waals surface area contributed by atoms with E-state index in [2.05, 4.69) is 10.1 Å². The predicted octanol–water partition coefficient (Wildman–Crippen LogP) is 1.59. The summed E-state index contributed by atoms with van der Waals surface area (Å²) in [6.07, 6.45) is 1.46. The van der Waals surface area contributed by atoms with Gasteiger partial charge in [-0.15, -0.1) is 0 Å². The lowest BCUT2D eigenvalue weighted by atomic mass is 10.2. The zero-order chi connectivity index (χ0) is 11.8. The summed E-state index contributed by atoms with van der Waals surface area (Å²) in [5.74, 6) is 0.312. The zero-order valence-corrected chi connectivity index (χ0v) is 9.12. The van der Waals surface area contributed by atoms with E-state index >= 15 is 0 Å². The van der Waals surface area contributed by atoms with Gasteiger partial charge < -0.3 is 4.42 Å². The van der Waals surface area contributed by atoms with Gasteiger partial charge in [0.15, 0.2) is 5.65 Å². The molecule has 0 fully saturated rings. The van der Waals surface area contributed by atoms with Crippen LogP contribution in [0.5, 0.6) is 0 Å². The van der Waals surface area contributed by atoms with E-state index in [1.807, 2.05) is 30.3 Å².